The van der Waals surface area contributed by atoms with Crippen LogP contribution in [0, 0.1) is 6.92 Å². The van der Waals surface area contributed by atoms with Crippen LogP contribution < -0.4 is 4.90 Å². The van der Waals surface area contributed by atoms with Crippen LogP contribution in [0.3, 0.4) is 0 Å². The second-order valence-corrected chi connectivity index (χ2v) is 8.54. The van der Waals surface area contributed by atoms with E-state index >= 15 is 0 Å². The third-order valence-electron chi connectivity index (χ3n) is 6.33. The molecule has 0 saturated heterocycles. The maximum Gasteiger partial charge on any atom is 0.232 e. The van der Waals surface area contributed by atoms with Crippen molar-refractivity contribution >= 4 is 11.7 Å². The van der Waals surface area contributed by atoms with E-state index in [0.717, 1.165) is 29.8 Å². The largest absolute Gasteiger partial charge is 0.296 e. The summed E-state index contributed by atoms with van der Waals surface area (Å²) >= 11 is 0. The molecule has 0 radical (unpaired) electrons. The lowest BCUT2D eigenvalue weighted by atomic mass is 9.69. The highest BCUT2D eigenvalue weighted by atomic mass is 16.2. The first-order valence-corrected chi connectivity index (χ1v) is 11.0. The molecule has 1 heterocycles. The Kier molecular flexibility index (Phi) is 6.27. The Labute approximate surface area is 179 Å². The lowest BCUT2D eigenvalue weighted by Gasteiger charge is -2.41. The standard InChI is InChI=1S/C27H30N2O/c1-22-15-18-28-25(19-22)29(26(30)20-23-11-5-2-6-12-23)21-27(16-9-4-10-17-27)24-13-7-3-8-14-24/h2-3,5-8,11-15,18-19H,4,9-10,16-17,20-21H2,1H3. The average Bonchev–Trinajstić information content (AvgIpc) is 2.79. The number of pyridine rings is 1. The predicted octanol–water partition coefficient (Wildman–Crippen LogP) is 5.87. The number of nitrogens with zero attached hydrogens (tertiary/aromatic N) is 2. The topological polar surface area (TPSA) is 33.2 Å². The molecular weight excluding hydrogens is 368 g/mol. The van der Waals surface area contributed by atoms with E-state index in [4.69, 9.17) is 0 Å². The SMILES string of the molecule is Cc1ccnc(N(CC2(c3ccccc3)CCCCC2)C(=O)Cc2ccccc2)c1. The van der Waals surface area contributed by atoms with Gasteiger partial charge in [-0.1, -0.05) is 79.9 Å². The Hall–Kier alpha value is -2.94. The van der Waals surface area contributed by atoms with Crippen molar-refractivity contribution in [3.8, 4) is 0 Å². The van der Waals surface area contributed by atoms with Crippen molar-refractivity contribution in [2.75, 3.05) is 11.4 Å². The summed E-state index contributed by atoms with van der Waals surface area (Å²) in [5, 5.41) is 0. The summed E-state index contributed by atoms with van der Waals surface area (Å²) in [5.74, 6) is 0.872. The molecule has 1 fully saturated rings. The molecule has 0 bridgehead atoms. The fraction of sp³-hybridized carbons (Fsp3) is 0.333. The minimum Gasteiger partial charge on any atom is -0.296 e. The monoisotopic (exact) mass is 398 g/mol. The third-order valence-corrected chi connectivity index (χ3v) is 6.33. The van der Waals surface area contributed by atoms with Gasteiger partial charge >= 0.3 is 0 Å². The van der Waals surface area contributed by atoms with E-state index in [-0.39, 0.29) is 11.3 Å². The number of carbonyl (C=O) groups is 1. The van der Waals surface area contributed by atoms with Crippen molar-refractivity contribution in [1.82, 2.24) is 4.98 Å². The van der Waals surface area contributed by atoms with Gasteiger partial charge < -0.3 is 0 Å². The normalized spacial score (nSPS) is 15.5. The number of aromatic nitrogens is 1. The van der Waals surface area contributed by atoms with Crippen molar-refractivity contribution in [3.63, 3.8) is 0 Å². The highest BCUT2D eigenvalue weighted by molar-refractivity contribution is 5.94. The van der Waals surface area contributed by atoms with Gasteiger partial charge in [-0.15, -0.1) is 0 Å². The van der Waals surface area contributed by atoms with E-state index in [1.54, 1.807) is 0 Å². The van der Waals surface area contributed by atoms with Crippen molar-refractivity contribution < 1.29 is 4.79 Å². The van der Waals surface area contributed by atoms with Crippen LogP contribution in [-0.4, -0.2) is 17.4 Å². The lowest BCUT2D eigenvalue weighted by molar-refractivity contribution is -0.118. The summed E-state index contributed by atoms with van der Waals surface area (Å²) in [7, 11) is 0. The second-order valence-electron chi connectivity index (χ2n) is 8.54. The fourth-order valence-corrected chi connectivity index (χ4v) is 4.69. The van der Waals surface area contributed by atoms with Gasteiger partial charge in [0.05, 0.1) is 6.42 Å². The summed E-state index contributed by atoms with van der Waals surface area (Å²) in [6.07, 6.45) is 8.10. The summed E-state index contributed by atoms with van der Waals surface area (Å²) in [5.41, 5.74) is 3.49. The molecular formula is C27H30N2O. The van der Waals surface area contributed by atoms with Gasteiger partial charge in [0.2, 0.25) is 5.91 Å². The molecule has 1 saturated carbocycles. The highest BCUT2D eigenvalue weighted by Gasteiger charge is 2.37. The molecule has 0 N–H and O–H groups in total. The van der Waals surface area contributed by atoms with E-state index in [9.17, 15) is 4.79 Å². The molecule has 1 aliphatic carbocycles. The number of anilines is 1. The Bertz CT molecular complexity index is 962. The third kappa shape index (κ3) is 4.62. The molecule has 0 unspecified atom stereocenters. The zero-order valence-electron chi connectivity index (χ0n) is 17.8. The van der Waals surface area contributed by atoms with Gasteiger partial charge in [-0.3, -0.25) is 9.69 Å². The molecule has 0 aliphatic heterocycles. The smallest absolute Gasteiger partial charge is 0.232 e. The number of amides is 1. The van der Waals surface area contributed by atoms with Crippen LogP contribution in [0.15, 0.2) is 79.0 Å². The summed E-state index contributed by atoms with van der Waals surface area (Å²) in [6, 6.07) is 24.8. The van der Waals surface area contributed by atoms with Crippen molar-refractivity contribution in [2.45, 2.75) is 50.9 Å². The molecule has 0 spiro atoms. The molecule has 2 aromatic carbocycles. The molecule has 1 aromatic heterocycles. The van der Waals surface area contributed by atoms with E-state index in [1.807, 2.05) is 53.6 Å². The first-order chi connectivity index (χ1) is 14.7. The Morgan fingerprint density at radius 2 is 1.60 bits per heavy atom. The summed E-state index contributed by atoms with van der Waals surface area (Å²) in [4.78, 5) is 20.1. The Morgan fingerprint density at radius 1 is 0.933 bits per heavy atom. The van der Waals surface area contributed by atoms with Crippen LogP contribution in [0.2, 0.25) is 0 Å². The van der Waals surface area contributed by atoms with Crippen LogP contribution in [0.1, 0.15) is 48.8 Å². The van der Waals surface area contributed by atoms with Gasteiger partial charge in [-0.2, -0.15) is 0 Å². The summed E-state index contributed by atoms with van der Waals surface area (Å²) < 4.78 is 0. The zero-order valence-corrected chi connectivity index (χ0v) is 17.8. The number of carbonyl (C=O) groups excluding carboxylic acids is 1. The van der Waals surface area contributed by atoms with Crippen LogP contribution in [0.5, 0.6) is 0 Å². The molecule has 3 aromatic rings. The number of hydrogen-bond donors (Lipinski definition) is 0. The van der Waals surface area contributed by atoms with Crippen molar-refractivity contribution in [1.29, 1.82) is 0 Å². The molecule has 0 atom stereocenters. The van der Waals surface area contributed by atoms with Crippen LogP contribution >= 0.6 is 0 Å². The molecule has 30 heavy (non-hydrogen) atoms. The molecule has 154 valence electrons. The first kappa shape index (κ1) is 20.3. The van der Waals surface area contributed by atoms with Gasteiger partial charge in [0.1, 0.15) is 5.82 Å². The zero-order chi connectivity index (χ0) is 20.8. The van der Waals surface area contributed by atoms with Crippen LogP contribution in [0.25, 0.3) is 0 Å². The quantitative estimate of drug-likeness (QED) is 0.520. The number of aryl methyl sites for hydroxylation is 1. The number of benzene rings is 2. The first-order valence-electron chi connectivity index (χ1n) is 11.0. The Morgan fingerprint density at radius 3 is 2.27 bits per heavy atom. The highest BCUT2D eigenvalue weighted by Crippen LogP contribution is 2.41. The van der Waals surface area contributed by atoms with Crippen molar-refractivity contribution in [2.24, 2.45) is 0 Å². The molecule has 4 rings (SSSR count). The fourth-order valence-electron chi connectivity index (χ4n) is 4.69. The summed E-state index contributed by atoms with van der Waals surface area (Å²) in [6.45, 7) is 2.73. The van der Waals surface area contributed by atoms with Gasteiger partial charge in [-0.05, 0) is 48.6 Å². The number of hydrogen-bond acceptors (Lipinski definition) is 2. The maximum atomic E-state index is 13.6. The Balaban J connectivity index is 1.70. The van der Waals surface area contributed by atoms with E-state index in [1.165, 1.54) is 24.8 Å². The minimum atomic E-state index is -0.0166. The lowest BCUT2D eigenvalue weighted by Crippen LogP contribution is -2.46. The van der Waals surface area contributed by atoms with E-state index < -0.39 is 0 Å². The molecule has 1 aliphatic rings. The maximum absolute atomic E-state index is 13.6. The molecule has 3 nitrogen and oxygen atoms in total. The molecule has 1 amide bonds. The molecule has 3 heteroatoms. The number of rotatable bonds is 6. The van der Waals surface area contributed by atoms with Crippen LogP contribution in [0.4, 0.5) is 5.82 Å². The van der Waals surface area contributed by atoms with Gasteiger partial charge in [0.25, 0.3) is 0 Å². The predicted molar refractivity (Wildman–Crippen MR) is 123 cm³/mol. The minimum absolute atomic E-state index is 0.0166. The van der Waals surface area contributed by atoms with Crippen LogP contribution in [-0.2, 0) is 16.6 Å². The van der Waals surface area contributed by atoms with Gasteiger partial charge in [-0.25, -0.2) is 4.98 Å². The van der Waals surface area contributed by atoms with Crippen molar-refractivity contribution in [3.05, 3.63) is 95.7 Å². The van der Waals surface area contributed by atoms with Gasteiger partial charge in [0, 0.05) is 18.2 Å². The van der Waals surface area contributed by atoms with E-state index in [2.05, 4.69) is 42.2 Å². The van der Waals surface area contributed by atoms with E-state index in [0.29, 0.717) is 13.0 Å². The second kappa shape index (κ2) is 9.25. The average molecular weight is 399 g/mol. The van der Waals surface area contributed by atoms with Gasteiger partial charge in [0.15, 0.2) is 0 Å².